The summed E-state index contributed by atoms with van der Waals surface area (Å²) < 4.78 is 6.85. The van der Waals surface area contributed by atoms with Crippen LogP contribution >= 0.6 is 11.8 Å². The van der Waals surface area contributed by atoms with E-state index in [2.05, 4.69) is 41.3 Å². The Morgan fingerprint density at radius 2 is 1.76 bits per heavy atom. The average Bonchev–Trinajstić information content (AvgIpc) is 3.30. The van der Waals surface area contributed by atoms with Crippen LogP contribution in [0.25, 0.3) is 0 Å². The maximum absolute atomic E-state index is 12.9. The van der Waals surface area contributed by atoms with Gasteiger partial charge in [-0.2, -0.15) is 0 Å². The van der Waals surface area contributed by atoms with Crippen LogP contribution in [-0.4, -0.2) is 44.9 Å². The van der Waals surface area contributed by atoms with E-state index in [1.165, 1.54) is 11.8 Å². The van der Waals surface area contributed by atoms with Gasteiger partial charge < -0.3 is 19.9 Å². The molecule has 0 spiro atoms. The molecule has 0 saturated heterocycles. The lowest BCUT2D eigenvalue weighted by molar-refractivity contribution is -0.113. The number of benzene rings is 2. The summed E-state index contributed by atoms with van der Waals surface area (Å²) >= 11 is 1.24. The molecule has 1 heterocycles. The van der Waals surface area contributed by atoms with Crippen LogP contribution < -0.4 is 10.6 Å². The van der Waals surface area contributed by atoms with Crippen LogP contribution in [0, 0.1) is 5.92 Å². The Kier molecular flexibility index (Phi) is 10.7. The largest absolute Gasteiger partial charge is 0.462 e. The van der Waals surface area contributed by atoms with E-state index in [9.17, 15) is 14.4 Å². The van der Waals surface area contributed by atoms with Gasteiger partial charge in [-0.1, -0.05) is 49.9 Å². The summed E-state index contributed by atoms with van der Waals surface area (Å²) in [4.78, 5) is 37.3. The van der Waals surface area contributed by atoms with Gasteiger partial charge in [0.1, 0.15) is 0 Å². The number of esters is 1. The highest BCUT2D eigenvalue weighted by Crippen LogP contribution is 2.25. The van der Waals surface area contributed by atoms with Crippen molar-refractivity contribution in [2.45, 2.75) is 44.9 Å². The standard InChI is InChI=1S/C28H33N5O4S/c1-5-16-33-25(23(17-19(3)4)30-26(35)20-10-8-7-9-11-20)31-32-28(33)38-18-24(34)29-22-14-12-21(13-15-22)27(36)37-6-2/h5,7-15,19,23H,1,6,16-18H2,2-4H3,(H,29,34)(H,30,35). The lowest BCUT2D eigenvalue weighted by Gasteiger charge is -2.21. The first kappa shape index (κ1) is 28.6. The van der Waals surface area contributed by atoms with Crippen LogP contribution in [0.15, 0.2) is 72.4 Å². The molecule has 10 heteroatoms. The van der Waals surface area contributed by atoms with Crippen molar-refractivity contribution in [2.75, 3.05) is 17.7 Å². The monoisotopic (exact) mass is 535 g/mol. The molecule has 1 aromatic heterocycles. The van der Waals surface area contributed by atoms with Crippen molar-refractivity contribution < 1.29 is 19.1 Å². The molecule has 1 atom stereocenters. The summed E-state index contributed by atoms with van der Waals surface area (Å²) in [5.74, 6) is 0.174. The summed E-state index contributed by atoms with van der Waals surface area (Å²) in [5.41, 5.74) is 1.55. The molecule has 9 nitrogen and oxygen atoms in total. The zero-order chi connectivity index (χ0) is 27.5. The molecule has 3 rings (SSSR count). The summed E-state index contributed by atoms with van der Waals surface area (Å²) in [7, 11) is 0. The van der Waals surface area contributed by atoms with Crippen LogP contribution in [0.2, 0.25) is 0 Å². The number of nitrogens with zero attached hydrogens (tertiary/aromatic N) is 3. The normalized spacial score (nSPS) is 11.6. The molecule has 0 saturated carbocycles. The minimum atomic E-state index is -0.408. The molecular weight excluding hydrogens is 502 g/mol. The van der Waals surface area contributed by atoms with Gasteiger partial charge in [-0.15, -0.1) is 16.8 Å². The third-order valence-electron chi connectivity index (χ3n) is 5.43. The smallest absolute Gasteiger partial charge is 0.338 e. The minimum absolute atomic E-state index is 0.0973. The molecule has 200 valence electrons. The molecule has 2 aromatic carbocycles. The average molecular weight is 536 g/mol. The Morgan fingerprint density at radius 1 is 1.05 bits per heavy atom. The van der Waals surface area contributed by atoms with Gasteiger partial charge in [0.2, 0.25) is 5.91 Å². The van der Waals surface area contributed by atoms with Gasteiger partial charge in [0.15, 0.2) is 11.0 Å². The number of carbonyl (C=O) groups is 3. The van der Waals surface area contributed by atoms with Gasteiger partial charge in [-0.05, 0) is 55.7 Å². The van der Waals surface area contributed by atoms with Crippen LogP contribution in [0.5, 0.6) is 0 Å². The van der Waals surface area contributed by atoms with Gasteiger partial charge in [0, 0.05) is 17.8 Å². The zero-order valence-electron chi connectivity index (χ0n) is 21.8. The van der Waals surface area contributed by atoms with Gasteiger partial charge in [0.05, 0.1) is 24.0 Å². The Morgan fingerprint density at radius 3 is 2.39 bits per heavy atom. The fourth-order valence-corrected chi connectivity index (χ4v) is 4.48. The van der Waals surface area contributed by atoms with Crippen LogP contribution in [0.3, 0.4) is 0 Å². The Hall–Kier alpha value is -3.92. The number of carbonyl (C=O) groups excluding carboxylic acids is 3. The van der Waals surface area contributed by atoms with Crippen molar-refractivity contribution in [1.82, 2.24) is 20.1 Å². The maximum atomic E-state index is 12.9. The van der Waals surface area contributed by atoms with Crippen molar-refractivity contribution in [2.24, 2.45) is 5.92 Å². The molecule has 0 radical (unpaired) electrons. The first-order chi connectivity index (χ1) is 18.3. The number of aromatic nitrogens is 3. The van der Waals surface area contributed by atoms with Crippen molar-refractivity contribution >= 4 is 35.2 Å². The van der Waals surface area contributed by atoms with Gasteiger partial charge in [-0.3, -0.25) is 9.59 Å². The summed E-state index contributed by atoms with van der Waals surface area (Å²) in [6.07, 6.45) is 2.40. The van der Waals surface area contributed by atoms with E-state index in [1.807, 2.05) is 22.8 Å². The van der Waals surface area contributed by atoms with Gasteiger partial charge in [0.25, 0.3) is 5.91 Å². The highest BCUT2D eigenvalue weighted by molar-refractivity contribution is 7.99. The Labute approximate surface area is 227 Å². The van der Waals surface area contributed by atoms with E-state index in [4.69, 9.17) is 4.74 Å². The topological polar surface area (TPSA) is 115 Å². The molecule has 1 unspecified atom stereocenters. The fraction of sp³-hybridized carbons (Fsp3) is 0.321. The van der Waals surface area contributed by atoms with Crippen molar-refractivity contribution in [1.29, 1.82) is 0 Å². The van der Waals surface area contributed by atoms with Crippen LogP contribution in [0.1, 0.15) is 59.8 Å². The number of thioether (sulfide) groups is 1. The molecule has 38 heavy (non-hydrogen) atoms. The van der Waals surface area contributed by atoms with E-state index >= 15 is 0 Å². The number of hydrogen-bond donors (Lipinski definition) is 2. The van der Waals surface area contributed by atoms with Gasteiger partial charge >= 0.3 is 5.97 Å². The molecule has 0 aliphatic carbocycles. The van der Waals surface area contributed by atoms with Crippen LogP contribution in [0.4, 0.5) is 5.69 Å². The van der Waals surface area contributed by atoms with Gasteiger partial charge in [-0.25, -0.2) is 4.79 Å². The first-order valence-corrected chi connectivity index (χ1v) is 13.4. The summed E-state index contributed by atoms with van der Waals surface area (Å²) in [6, 6.07) is 15.2. The SMILES string of the molecule is C=CCn1c(SCC(=O)Nc2ccc(C(=O)OCC)cc2)nnc1C(CC(C)C)NC(=O)c1ccccc1. The molecule has 0 fully saturated rings. The first-order valence-electron chi connectivity index (χ1n) is 12.4. The van der Waals surface area contributed by atoms with E-state index in [0.29, 0.717) is 53.3 Å². The third kappa shape index (κ3) is 8.04. The molecule has 0 aliphatic rings. The second-order valence-electron chi connectivity index (χ2n) is 8.90. The van der Waals surface area contributed by atoms with Crippen molar-refractivity contribution in [3.8, 4) is 0 Å². The molecule has 0 bridgehead atoms. The quantitative estimate of drug-likeness (QED) is 0.182. The Balaban J connectivity index is 1.69. The number of ether oxygens (including phenoxy) is 1. The maximum Gasteiger partial charge on any atom is 0.338 e. The molecule has 2 amide bonds. The third-order valence-corrected chi connectivity index (χ3v) is 6.40. The summed E-state index contributed by atoms with van der Waals surface area (Å²) in [6.45, 7) is 10.5. The number of amides is 2. The Bertz CT molecular complexity index is 1240. The van der Waals surface area contributed by atoms with Crippen LogP contribution in [-0.2, 0) is 16.1 Å². The fourth-order valence-electron chi connectivity index (χ4n) is 3.73. The van der Waals surface area contributed by atoms with Crippen molar-refractivity contribution in [3.63, 3.8) is 0 Å². The second-order valence-corrected chi connectivity index (χ2v) is 9.84. The second kappa shape index (κ2) is 14.1. The number of allylic oxidation sites excluding steroid dienone is 1. The lowest BCUT2D eigenvalue weighted by atomic mass is 10.0. The minimum Gasteiger partial charge on any atom is -0.462 e. The summed E-state index contributed by atoms with van der Waals surface area (Å²) in [5, 5.41) is 15.2. The predicted molar refractivity (Wildman–Crippen MR) is 148 cm³/mol. The zero-order valence-corrected chi connectivity index (χ0v) is 22.7. The van der Waals surface area contributed by atoms with E-state index in [0.717, 1.165) is 0 Å². The number of rotatable bonds is 13. The van der Waals surface area contributed by atoms with Crippen molar-refractivity contribution in [3.05, 3.63) is 84.2 Å². The number of anilines is 1. The van der Waals surface area contributed by atoms with E-state index in [-0.39, 0.29) is 23.6 Å². The van der Waals surface area contributed by atoms with E-state index in [1.54, 1.807) is 49.4 Å². The lowest BCUT2D eigenvalue weighted by Crippen LogP contribution is -2.31. The number of nitrogens with one attached hydrogen (secondary N) is 2. The highest BCUT2D eigenvalue weighted by atomic mass is 32.2. The molecule has 2 N–H and O–H groups in total. The van der Waals surface area contributed by atoms with E-state index < -0.39 is 5.97 Å². The molecule has 0 aliphatic heterocycles. The highest BCUT2D eigenvalue weighted by Gasteiger charge is 2.24. The predicted octanol–water partition coefficient (Wildman–Crippen LogP) is 4.89. The molecule has 3 aromatic rings. The molecular formula is C28H33N5O4S. The number of hydrogen-bond acceptors (Lipinski definition) is 7.